The molecule has 0 bridgehead atoms. The average molecular weight is 507 g/mol. The van der Waals surface area contributed by atoms with Crippen molar-refractivity contribution in [2.45, 2.75) is 31.1 Å². The van der Waals surface area contributed by atoms with Crippen LogP contribution in [0.25, 0.3) is 21.6 Å². The van der Waals surface area contributed by atoms with Crippen molar-refractivity contribution in [1.29, 1.82) is 0 Å². The summed E-state index contributed by atoms with van der Waals surface area (Å²) in [6.45, 7) is 0.286. The number of fused-ring (bicyclic) bond motifs is 1. The van der Waals surface area contributed by atoms with Crippen molar-refractivity contribution in [3.05, 3.63) is 58.4 Å². The molecule has 1 aliphatic rings. The third-order valence-corrected chi connectivity index (χ3v) is 7.21. The van der Waals surface area contributed by atoms with Gasteiger partial charge in [0.15, 0.2) is 0 Å². The predicted octanol–water partition coefficient (Wildman–Crippen LogP) is 3.04. The molecule has 5 rings (SSSR count). The molecule has 1 fully saturated rings. The van der Waals surface area contributed by atoms with E-state index in [0.29, 0.717) is 17.5 Å². The molecule has 1 aliphatic carbocycles. The molecule has 1 saturated carbocycles. The molecule has 11 heteroatoms. The van der Waals surface area contributed by atoms with Crippen LogP contribution in [0.15, 0.2) is 41.9 Å². The SMILES string of the molecule is Cl.NC[C@H]1C[C@@H](n2cc(-c3nc(Cc4ccccc4)cs3)c3c(N)nc(Cl)nc32)[C@H](O)[C@@H]1O. The number of benzene rings is 1. The third kappa shape index (κ3) is 4.32. The van der Waals surface area contributed by atoms with Crippen LogP contribution in [0, 0.1) is 5.92 Å². The minimum atomic E-state index is -0.980. The number of hydrogen-bond donors (Lipinski definition) is 4. The van der Waals surface area contributed by atoms with Crippen LogP contribution < -0.4 is 11.5 Å². The Labute approximate surface area is 205 Å². The Morgan fingerprint density at radius 3 is 2.58 bits per heavy atom. The van der Waals surface area contributed by atoms with Gasteiger partial charge in [-0.05, 0) is 30.1 Å². The predicted molar refractivity (Wildman–Crippen MR) is 133 cm³/mol. The highest BCUT2D eigenvalue weighted by Gasteiger charge is 2.42. The second kappa shape index (κ2) is 9.54. The Balaban J connectivity index is 0.00000259. The van der Waals surface area contributed by atoms with Crippen LogP contribution in [0.2, 0.25) is 5.28 Å². The zero-order valence-corrected chi connectivity index (χ0v) is 19.9. The number of aliphatic hydroxyl groups excluding tert-OH is 2. The van der Waals surface area contributed by atoms with Gasteiger partial charge in [0, 0.05) is 29.5 Å². The molecule has 8 nitrogen and oxygen atoms in total. The number of nitrogens with zero attached hydrogens (tertiary/aromatic N) is 4. The van der Waals surface area contributed by atoms with Crippen molar-refractivity contribution in [3.63, 3.8) is 0 Å². The molecule has 33 heavy (non-hydrogen) atoms. The van der Waals surface area contributed by atoms with Gasteiger partial charge in [0.1, 0.15) is 22.6 Å². The zero-order chi connectivity index (χ0) is 22.4. The molecular formula is C22H24Cl2N6O2S. The van der Waals surface area contributed by atoms with E-state index < -0.39 is 18.2 Å². The number of halogens is 2. The van der Waals surface area contributed by atoms with E-state index in [1.807, 2.05) is 34.3 Å². The van der Waals surface area contributed by atoms with E-state index in [1.165, 1.54) is 16.9 Å². The van der Waals surface area contributed by atoms with Gasteiger partial charge in [0.25, 0.3) is 0 Å². The average Bonchev–Trinajstić information content (AvgIpc) is 3.46. The van der Waals surface area contributed by atoms with E-state index in [1.54, 1.807) is 0 Å². The highest BCUT2D eigenvalue weighted by atomic mass is 35.5. The first-order valence-electron chi connectivity index (χ1n) is 10.3. The summed E-state index contributed by atoms with van der Waals surface area (Å²) in [6, 6.07) is 9.73. The van der Waals surface area contributed by atoms with Crippen molar-refractivity contribution >= 4 is 52.2 Å². The Kier molecular flexibility index (Phi) is 6.90. The van der Waals surface area contributed by atoms with Gasteiger partial charge in [0.05, 0.1) is 23.2 Å². The fraction of sp³-hybridized carbons (Fsp3) is 0.318. The van der Waals surface area contributed by atoms with E-state index in [-0.39, 0.29) is 36.0 Å². The number of anilines is 1. The minimum absolute atomic E-state index is 0. The van der Waals surface area contributed by atoms with Crippen molar-refractivity contribution in [3.8, 4) is 10.6 Å². The molecule has 4 aromatic rings. The molecule has 6 N–H and O–H groups in total. The minimum Gasteiger partial charge on any atom is -0.390 e. The number of hydrogen-bond acceptors (Lipinski definition) is 8. The van der Waals surface area contributed by atoms with E-state index >= 15 is 0 Å². The lowest BCUT2D eigenvalue weighted by molar-refractivity contribution is 0.00823. The maximum atomic E-state index is 10.7. The summed E-state index contributed by atoms with van der Waals surface area (Å²) >= 11 is 7.62. The first-order chi connectivity index (χ1) is 15.5. The molecular weight excluding hydrogens is 483 g/mol. The lowest BCUT2D eigenvalue weighted by Crippen LogP contribution is -2.31. The van der Waals surface area contributed by atoms with Crippen LogP contribution in [-0.4, -0.2) is 48.5 Å². The van der Waals surface area contributed by atoms with Crippen LogP contribution in [-0.2, 0) is 6.42 Å². The molecule has 0 unspecified atom stereocenters. The van der Waals surface area contributed by atoms with Crippen molar-refractivity contribution < 1.29 is 10.2 Å². The van der Waals surface area contributed by atoms with Crippen molar-refractivity contribution in [1.82, 2.24) is 19.5 Å². The largest absolute Gasteiger partial charge is 0.390 e. The van der Waals surface area contributed by atoms with Gasteiger partial charge in [-0.1, -0.05) is 30.3 Å². The smallest absolute Gasteiger partial charge is 0.226 e. The van der Waals surface area contributed by atoms with Crippen LogP contribution in [0.4, 0.5) is 5.82 Å². The highest BCUT2D eigenvalue weighted by Crippen LogP contribution is 2.42. The van der Waals surface area contributed by atoms with Crippen molar-refractivity contribution in [2.24, 2.45) is 11.7 Å². The van der Waals surface area contributed by atoms with Gasteiger partial charge >= 0.3 is 0 Å². The summed E-state index contributed by atoms with van der Waals surface area (Å²) in [5.41, 5.74) is 15.5. The number of aromatic nitrogens is 4. The van der Waals surface area contributed by atoms with Crippen LogP contribution in [0.3, 0.4) is 0 Å². The molecule has 0 amide bonds. The Morgan fingerprint density at radius 2 is 1.88 bits per heavy atom. The first-order valence-corrected chi connectivity index (χ1v) is 11.6. The number of nitrogen functional groups attached to an aromatic ring is 1. The molecule has 4 atom stereocenters. The summed E-state index contributed by atoms with van der Waals surface area (Å²) in [7, 11) is 0. The second-order valence-corrected chi connectivity index (χ2v) is 9.31. The second-order valence-electron chi connectivity index (χ2n) is 8.11. The van der Waals surface area contributed by atoms with Gasteiger partial charge in [-0.15, -0.1) is 23.7 Å². The first kappa shape index (κ1) is 23.9. The molecule has 174 valence electrons. The normalized spacial score (nSPS) is 22.5. The lowest BCUT2D eigenvalue weighted by Gasteiger charge is -2.19. The van der Waals surface area contributed by atoms with Gasteiger partial charge < -0.3 is 26.2 Å². The third-order valence-electron chi connectivity index (χ3n) is 6.11. The number of aliphatic hydroxyl groups is 2. The van der Waals surface area contributed by atoms with E-state index in [9.17, 15) is 10.2 Å². The highest BCUT2D eigenvalue weighted by molar-refractivity contribution is 7.13. The summed E-state index contributed by atoms with van der Waals surface area (Å²) in [4.78, 5) is 13.4. The van der Waals surface area contributed by atoms with E-state index in [4.69, 9.17) is 28.1 Å². The lowest BCUT2D eigenvalue weighted by atomic mass is 10.1. The zero-order valence-electron chi connectivity index (χ0n) is 17.5. The summed E-state index contributed by atoms with van der Waals surface area (Å²) in [5, 5.41) is 24.6. The van der Waals surface area contributed by atoms with Gasteiger partial charge in [-0.25, -0.2) is 9.97 Å². The fourth-order valence-electron chi connectivity index (χ4n) is 4.49. The summed E-state index contributed by atoms with van der Waals surface area (Å²) in [5.74, 6) is 0.0415. The van der Waals surface area contributed by atoms with E-state index in [2.05, 4.69) is 22.1 Å². The van der Waals surface area contributed by atoms with E-state index in [0.717, 1.165) is 22.7 Å². The molecule has 3 aromatic heterocycles. The molecule has 0 saturated heterocycles. The number of nitrogens with two attached hydrogens (primary N) is 2. The van der Waals surface area contributed by atoms with Crippen LogP contribution in [0.5, 0.6) is 0 Å². The summed E-state index contributed by atoms with van der Waals surface area (Å²) < 4.78 is 1.83. The molecule has 0 aliphatic heterocycles. The van der Waals surface area contributed by atoms with Crippen LogP contribution in [0.1, 0.15) is 23.7 Å². The Morgan fingerprint density at radius 1 is 1.12 bits per heavy atom. The maximum Gasteiger partial charge on any atom is 0.226 e. The molecule has 3 heterocycles. The molecule has 1 aromatic carbocycles. The topological polar surface area (TPSA) is 136 Å². The summed E-state index contributed by atoms with van der Waals surface area (Å²) in [6.07, 6.45) is 1.22. The van der Waals surface area contributed by atoms with Gasteiger partial charge in [-0.2, -0.15) is 4.98 Å². The fourth-order valence-corrected chi connectivity index (χ4v) is 5.50. The number of thiazole rings is 1. The molecule has 0 spiro atoms. The van der Waals surface area contributed by atoms with Gasteiger partial charge in [-0.3, -0.25) is 0 Å². The van der Waals surface area contributed by atoms with Crippen LogP contribution >= 0.6 is 35.3 Å². The monoisotopic (exact) mass is 506 g/mol. The number of rotatable bonds is 5. The quantitative estimate of drug-likeness (QED) is 0.305. The Hall–Kier alpha value is -2.27. The Bertz CT molecular complexity index is 1260. The standard InChI is InChI=1S/C22H23ClN6O2S.ClH/c23-22-27-19(25)16-14(21-26-13(10-32-21)6-11-4-2-1-3-5-11)9-29(20(16)28-22)15-7-12(8-24)17(30)18(15)31;/h1-5,9-10,12,15,17-18,30-31H,6-8,24H2,(H2,25,27,28);1H/t12-,15-,17-,18+;/m1./s1. The molecule has 0 radical (unpaired) electrons. The van der Waals surface area contributed by atoms with Gasteiger partial charge in [0.2, 0.25) is 5.28 Å². The maximum absolute atomic E-state index is 10.7. The van der Waals surface area contributed by atoms with Crippen molar-refractivity contribution in [2.75, 3.05) is 12.3 Å².